The van der Waals surface area contributed by atoms with E-state index in [4.69, 9.17) is 0 Å². The fourth-order valence-electron chi connectivity index (χ4n) is 1.46. The van der Waals surface area contributed by atoms with Crippen molar-refractivity contribution in [3.05, 3.63) is 29.8 Å². The third-order valence-corrected chi connectivity index (χ3v) is 3.27. The summed E-state index contributed by atoms with van der Waals surface area (Å²) in [5.41, 5.74) is 3.53. The van der Waals surface area contributed by atoms with E-state index in [2.05, 4.69) is 17.5 Å². The minimum atomic E-state index is -0.0135. The summed E-state index contributed by atoms with van der Waals surface area (Å²) in [5.74, 6) is -0.0135. The van der Waals surface area contributed by atoms with Gasteiger partial charge in [-0.15, -0.1) is 11.8 Å². The molecule has 1 aromatic carbocycles. The average molecular weight is 264 g/mol. The summed E-state index contributed by atoms with van der Waals surface area (Å²) in [6.07, 6.45) is 7.41. The molecule has 0 saturated carbocycles. The monoisotopic (exact) mass is 264 g/mol. The number of nitrogens with one attached hydrogen (secondary N) is 1. The van der Waals surface area contributed by atoms with E-state index in [-0.39, 0.29) is 5.91 Å². The maximum atomic E-state index is 11.4. The first-order chi connectivity index (χ1) is 8.76. The van der Waals surface area contributed by atoms with E-state index < -0.39 is 0 Å². The van der Waals surface area contributed by atoms with Crippen LogP contribution < -0.4 is 5.43 Å². The van der Waals surface area contributed by atoms with Crippen molar-refractivity contribution in [2.45, 2.75) is 37.5 Å². The summed E-state index contributed by atoms with van der Waals surface area (Å²) >= 11 is 1.70. The smallest absolute Gasteiger partial charge is 0.240 e. The van der Waals surface area contributed by atoms with Crippen LogP contribution in [0.4, 0.5) is 0 Å². The zero-order valence-electron chi connectivity index (χ0n) is 11.0. The lowest BCUT2D eigenvalue weighted by Gasteiger charge is -1.99. The van der Waals surface area contributed by atoms with Crippen molar-refractivity contribution in [2.24, 2.45) is 5.10 Å². The predicted molar refractivity (Wildman–Crippen MR) is 78.1 cm³/mol. The van der Waals surface area contributed by atoms with Crippen LogP contribution in [0.2, 0.25) is 0 Å². The summed E-state index contributed by atoms with van der Waals surface area (Å²) in [6.45, 7) is 2.12. The molecule has 0 heterocycles. The Bertz CT molecular complexity index is 387. The first-order valence-electron chi connectivity index (χ1n) is 6.22. The fourth-order valence-corrected chi connectivity index (χ4v) is 1.87. The van der Waals surface area contributed by atoms with Crippen LogP contribution in [0, 0.1) is 0 Å². The number of hydrogen-bond donors (Lipinski definition) is 1. The molecule has 0 radical (unpaired) electrons. The zero-order valence-corrected chi connectivity index (χ0v) is 11.8. The first-order valence-corrected chi connectivity index (χ1v) is 7.44. The summed E-state index contributed by atoms with van der Waals surface area (Å²) in [5, 5.41) is 3.94. The van der Waals surface area contributed by atoms with E-state index in [0.29, 0.717) is 6.42 Å². The minimum absolute atomic E-state index is 0.0135. The highest BCUT2D eigenvalue weighted by molar-refractivity contribution is 7.98. The van der Waals surface area contributed by atoms with Crippen LogP contribution in [0.3, 0.4) is 0 Å². The Balaban J connectivity index is 2.32. The normalized spacial score (nSPS) is 10.8. The van der Waals surface area contributed by atoms with Gasteiger partial charge in [0.15, 0.2) is 0 Å². The van der Waals surface area contributed by atoms with E-state index >= 15 is 0 Å². The Kier molecular flexibility index (Phi) is 7.18. The minimum Gasteiger partial charge on any atom is -0.273 e. The third-order valence-electron chi connectivity index (χ3n) is 2.53. The summed E-state index contributed by atoms with van der Waals surface area (Å²) < 4.78 is 0. The molecular formula is C14H20N2OS. The van der Waals surface area contributed by atoms with Gasteiger partial charge in [0.2, 0.25) is 5.91 Å². The molecule has 18 heavy (non-hydrogen) atoms. The van der Waals surface area contributed by atoms with Crippen molar-refractivity contribution >= 4 is 23.9 Å². The number of carbonyl (C=O) groups is 1. The number of hydrogen-bond acceptors (Lipinski definition) is 3. The van der Waals surface area contributed by atoms with Gasteiger partial charge in [-0.25, -0.2) is 5.43 Å². The molecule has 0 aliphatic carbocycles. The molecule has 0 fully saturated rings. The van der Waals surface area contributed by atoms with Gasteiger partial charge in [0.25, 0.3) is 0 Å². The fraction of sp³-hybridized carbons (Fsp3) is 0.429. The number of rotatable bonds is 7. The molecule has 3 nitrogen and oxygen atoms in total. The lowest BCUT2D eigenvalue weighted by Crippen LogP contribution is -2.16. The van der Waals surface area contributed by atoms with Crippen LogP contribution >= 0.6 is 11.8 Å². The number of thioether (sulfide) groups is 1. The van der Waals surface area contributed by atoms with E-state index in [1.165, 1.54) is 4.90 Å². The number of carbonyl (C=O) groups excluding carboxylic acids is 1. The molecule has 1 rings (SSSR count). The number of amides is 1. The summed E-state index contributed by atoms with van der Waals surface area (Å²) in [4.78, 5) is 12.6. The van der Waals surface area contributed by atoms with Crippen molar-refractivity contribution in [3.8, 4) is 0 Å². The molecule has 1 amide bonds. The lowest BCUT2D eigenvalue weighted by atomic mass is 10.2. The predicted octanol–water partition coefficient (Wildman–Crippen LogP) is 3.44. The topological polar surface area (TPSA) is 41.5 Å². The van der Waals surface area contributed by atoms with Gasteiger partial charge >= 0.3 is 0 Å². The third kappa shape index (κ3) is 5.87. The van der Waals surface area contributed by atoms with Crippen LogP contribution in [-0.4, -0.2) is 18.4 Å². The second-order valence-corrected chi connectivity index (χ2v) is 4.90. The van der Waals surface area contributed by atoms with Crippen LogP contribution in [-0.2, 0) is 4.79 Å². The molecule has 4 heteroatoms. The number of nitrogens with zero attached hydrogens (tertiary/aromatic N) is 1. The molecule has 0 aromatic heterocycles. The Morgan fingerprint density at radius 3 is 2.67 bits per heavy atom. The Morgan fingerprint density at radius 2 is 2.06 bits per heavy atom. The molecule has 1 N–H and O–H groups in total. The Labute approximate surface area is 113 Å². The van der Waals surface area contributed by atoms with E-state index in [1.807, 2.05) is 30.5 Å². The average Bonchev–Trinajstić information content (AvgIpc) is 2.40. The molecule has 98 valence electrons. The van der Waals surface area contributed by atoms with Gasteiger partial charge < -0.3 is 0 Å². The summed E-state index contributed by atoms with van der Waals surface area (Å²) in [6, 6.07) is 8.04. The maximum Gasteiger partial charge on any atom is 0.240 e. The Morgan fingerprint density at radius 1 is 1.33 bits per heavy atom. The SMILES string of the molecule is CCCCCC(=O)N/N=C/c1ccc(SC)cc1. The Hall–Kier alpha value is -1.29. The first kappa shape index (κ1) is 14.8. The van der Waals surface area contributed by atoms with Gasteiger partial charge in [-0.1, -0.05) is 31.9 Å². The van der Waals surface area contributed by atoms with Gasteiger partial charge in [0.1, 0.15) is 0 Å². The van der Waals surface area contributed by atoms with Gasteiger partial charge in [0, 0.05) is 11.3 Å². The quantitative estimate of drug-likeness (QED) is 0.355. The molecular weight excluding hydrogens is 244 g/mol. The highest BCUT2D eigenvalue weighted by Crippen LogP contribution is 2.13. The van der Waals surface area contributed by atoms with Gasteiger partial charge in [0.05, 0.1) is 6.21 Å². The molecule has 1 aromatic rings. The summed E-state index contributed by atoms with van der Waals surface area (Å²) in [7, 11) is 0. The number of unbranched alkanes of at least 4 members (excludes halogenated alkanes) is 2. The maximum absolute atomic E-state index is 11.4. The van der Waals surface area contributed by atoms with E-state index in [1.54, 1.807) is 18.0 Å². The molecule has 0 bridgehead atoms. The highest BCUT2D eigenvalue weighted by atomic mass is 32.2. The van der Waals surface area contributed by atoms with Crippen molar-refractivity contribution in [1.82, 2.24) is 5.43 Å². The van der Waals surface area contributed by atoms with Crippen LogP contribution in [0.5, 0.6) is 0 Å². The molecule has 0 aliphatic heterocycles. The standard InChI is InChI=1S/C14H20N2OS/c1-3-4-5-6-14(17)16-15-11-12-7-9-13(18-2)10-8-12/h7-11H,3-6H2,1-2H3,(H,16,17)/b15-11+. The van der Waals surface area contributed by atoms with Crippen LogP contribution in [0.1, 0.15) is 38.2 Å². The molecule has 0 spiro atoms. The van der Waals surface area contributed by atoms with Crippen molar-refractivity contribution < 1.29 is 4.79 Å². The van der Waals surface area contributed by atoms with Gasteiger partial charge in [-0.05, 0) is 30.4 Å². The van der Waals surface area contributed by atoms with Gasteiger partial charge in [-0.3, -0.25) is 4.79 Å². The molecule has 0 atom stereocenters. The van der Waals surface area contributed by atoms with Crippen molar-refractivity contribution in [2.75, 3.05) is 6.26 Å². The van der Waals surface area contributed by atoms with Crippen LogP contribution in [0.25, 0.3) is 0 Å². The molecule has 0 unspecified atom stereocenters. The molecule has 0 saturated heterocycles. The van der Waals surface area contributed by atoms with Crippen molar-refractivity contribution in [3.63, 3.8) is 0 Å². The second kappa shape index (κ2) is 8.75. The largest absolute Gasteiger partial charge is 0.273 e. The van der Waals surface area contributed by atoms with Gasteiger partial charge in [-0.2, -0.15) is 5.10 Å². The lowest BCUT2D eigenvalue weighted by molar-refractivity contribution is -0.121. The van der Waals surface area contributed by atoms with E-state index in [9.17, 15) is 4.79 Å². The van der Waals surface area contributed by atoms with Crippen LogP contribution in [0.15, 0.2) is 34.3 Å². The van der Waals surface area contributed by atoms with E-state index in [0.717, 1.165) is 24.8 Å². The second-order valence-electron chi connectivity index (χ2n) is 4.02. The zero-order chi connectivity index (χ0) is 13.2. The number of benzene rings is 1. The highest BCUT2D eigenvalue weighted by Gasteiger charge is 1.97. The molecule has 0 aliphatic rings. The number of hydrazone groups is 1. The van der Waals surface area contributed by atoms with Crippen molar-refractivity contribution in [1.29, 1.82) is 0 Å².